The van der Waals surface area contributed by atoms with E-state index in [1.165, 1.54) is 17.4 Å². The molecular formula is C27H32BrN9O3S. The zero-order valence-corrected chi connectivity index (χ0v) is 25.7. The molecule has 0 bridgehead atoms. The summed E-state index contributed by atoms with van der Waals surface area (Å²) in [4.78, 5) is 22.5. The summed E-state index contributed by atoms with van der Waals surface area (Å²) in [5.74, 6) is 1.44. The SMILES string of the molecule is CCc1cc(Nc2ncc(Br)c(Nc3ccc4nccnc4c3NS(C)(=O)=O)n2)c(OC)cc1N1CCN(C)CC1. The molecule has 1 fully saturated rings. The molecule has 0 amide bonds. The second kappa shape index (κ2) is 12.0. The summed E-state index contributed by atoms with van der Waals surface area (Å²) in [6.07, 6.45) is 6.62. The highest BCUT2D eigenvalue weighted by Crippen LogP contribution is 2.37. The number of nitrogens with zero attached hydrogens (tertiary/aromatic N) is 6. The van der Waals surface area contributed by atoms with Crippen LogP contribution in [-0.2, 0) is 16.4 Å². The van der Waals surface area contributed by atoms with Gasteiger partial charge in [0.05, 0.1) is 40.4 Å². The van der Waals surface area contributed by atoms with Crippen molar-refractivity contribution in [3.8, 4) is 5.75 Å². The molecule has 216 valence electrons. The van der Waals surface area contributed by atoms with Crippen LogP contribution in [0, 0.1) is 0 Å². The van der Waals surface area contributed by atoms with Crippen LogP contribution in [-0.4, -0.2) is 79.8 Å². The van der Waals surface area contributed by atoms with Gasteiger partial charge in [-0.25, -0.2) is 13.4 Å². The van der Waals surface area contributed by atoms with E-state index in [4.69, 9.17) is 4.74 Å². The highest BCUT2D eigenvalue weighted by atomic mass is 79.9. The first-order chi connectivity index (χ1) is 19.6. The van der Waals surface area contributed by atoms with Gasteiger partial charge >= 0.3 is 0 Å². The van der Waals surface area contributed by atoms with Crippen LogP contribution in [0.2, 0.25) is 0 Å². The maximum absolute atomic E-state index is 12.2. The number of methoxy groups -OCH3 is 1. The predicted octanol–water partition coefficient (Wildman–Crippen LogP) is 4.36. The van der Waals surface area contributed by atoms with Gasteiger partial charge in [0.25, 0.3) is 0 Å². The normalized spacial score (nSPS) is 14.2. The average Bonchev–Trinajstić information content (AvgIpc) is 2.95. The second-order valence-electron chi connectivity index (χ2n) is 9.75. The number of fused-ring (bicyclic) bond motifs is 1. The quantitative estimate of drug-likeness (QED) is 0.240. The van der Waals surface area contributed by atoms with Crippen molar-refractivity contribution in [3.63, 3.8) is 0 Å². The lowest BCUT2D eigenvalue weighted by Gasteiger charge is -2.35. The van der Waals surface area contributed by atoms with E-state index in [0.29, 0.717) is 38.7 Å². The Morgan fingerprint density at radius 1 is 1.02 bits per heavy atom. The van der Waals surface area contributed by atoms with E-state index >= 15 is 0 Å². The fraction of sp³-hybridized carbons (Fsp3) is 0.333. The third-order valence-electron chi connectivity index (χ3n) is 6.80. The van der Waals surface area contributed by atoms with Gasteiger partial charge in [-0.05, 0) is 53.2 Å². The van der Waals surface area contributed by atoms with E-state index in [1.807, 2.05) is 0 Å². The van der Waals surface area contributed by atoms with Gasteiger partial charge in [-0.3, -0.25) is 14.7 Å². The van der Waals surface area contributed by atoms with Crippen molar-refractivity contribution >= 4 is 71.5 Å². The van der Waals surface area contributed by atoms with Gasteiger partial charge in [-0.1, -0.05) is 6.92 Å². The summed E-state index contributed by atoms with van der Waals surface area (Å²) in [6, 6.07) is 7.64. The molecule has 12 nitrogen and oxygen atoms in total. The van der Waals surface area contributed by atoms with Crippen molar-refractivity contribution in [1.82, 2.24) is 24.8 Å². The minimum atomic E-state index is -3.61. The number of piperazine rings is 1. The number of aromatic nitrogens is 4. The van der Waals surface area contributed by atoms with Gasteiger partial charge in [0.2, 0.25) is 16.0 Å². The van der Waals surface area contributed by atoms with Crippen molar-refractivity contribution in [1.29, 1.82) is 0 Å². The van der Waals surface area contributed by atoms with Gasteiger partial charge in [-0.2, -0.15) is 4.98 Å². The van der Waals surface area contributed by atoms with Gasteiger partial charge in [0.1, 0.15) is 17.1 Å². The first-order valence-electron chi connectivity index (χ1n) is 13.1. The Bertz CT molecular complexity index is 1680. The van der Waals surface area contributed by atoms with Crippen LogP contribution in [0.5, 0.6) is 5.75 Å². The van der Waals surface area contributed by atoms with Crippen LogP contribution in [0.3, 0.4) is 0 Å². The van der Waals surface area contributed by atoms with Crippen molar-refractivity contribution in [2.45, 2.75) is 13.3 Å². The Morgan fingerprint density at radius 3 is 2.49 bits per heavy atom. The number of benzene rings is 2. The molecule has 3 heterocycles. The molecule has 1 aliphatic rings. The minimum absolute atomic E-state index is 0.270. The van der Waals surface area contributed by atoms with E-state index in [0.717, 1.165) is 44.5 Å². The highest BCUT2D eigenvalue weighted by molar-refractivity contribution is 9.10. The number of aryl methyl sites for hydroxylation is 1. The number of halogens is 1. The number of anilines is 6. The van der Waals surface area contributed by atoms with Crippen LogP contribution in [0.1, 0.15) is 12.5 Å². The third-order valence-corrected chi connectivity index (χ3v) is 7.95. The molecule has 0 radical (unpaired) electrons. The Labute approximate surface area is 247 Å². The standard InChI is InChI=1S/C27H32BrN9O3S/c1-5-17-14-21(23(40-3)15-22(17)37-12-10-36(2)11-13-37)33-27-31-16-18(28)26(34-27)32-20-7-6-19-24(30-9-8-29-19)25(20)35-41(4,38)39/h6-9,14-16,35H,5,10-13H2,1-4H3,(H2,31,32,33,34). The molecule has 41 heavy (non-hydrogen) atoms. The lowest BCUT2D eigenvalue weighted by atomic mass is 10.1. The Balaban J connectivity index is 1.47. The van der Waals surface area contributed by atoms with Crippen LogP contribution in [0.4, 0.5) is 34.5 Å². The van der Waals surface area contributed by atoms with Crippen molar-refractivity contribution in [2.24, 2.45) is 0 Å². The van der Waals surface area contributed by atoms with E-state index in [9.17, 15) is 8.42 Å². The Hall–Kier alpha value is -3.75. The molecule has 4 aromatic rings. The van der Waals surface area contributed by atoms with Crippen LogP contribution in [0.15, 0.2) is 47.3 Å². The summed E-state index contributed by atoms with van der Waals surface area (Å²) in [5, 5.41) is 6.52. The number of hydrogen-bond donors (Lipinski definition) is 3. The first kappa shape index (κ1) is 28.8. The monoisotopic (exact) mass is 641 g/mol. The van der Waals surface area contributed by atoms with Gasteiger partial charge in [0.15, 0.2) is 0 Å². The third kappa shape index (κ3) is 6.60. The second-order valence-corrected chi connectivity index (χ2v) is 12.4. The van der Waals surface area contributed by atoms with E-state index in [-0.39, 0.29) is 5.69 Å². The molecule has 0 aliphatic carbocycles. The number of ether oxygens (including phenoxy) is 1. The molecule has 0 unspecified atom stereocenters. The van der Waals surface area contributed by atoms with Gasteiger partial charge in [-0.15, -0.1) is 0 Å². The lowest BCUT2D eigenvalue weighted by molar-refractivity contribution is 0.312. The zero-order valence-electron chi connectivity index (χ0n) is 23.3. The van der Waals surface area contributed by atoms with Crippen molar-refractivity contribution in [2.75, 3.05) is 66.8 Å². The molecule has 3 N–H and O–H groups in total. The zero-order chi connectivity index (χ0) is 29.1. The molecule has 0 spiro atoms. The molecule has 0 saturated carbocycles. The molecule has 2 aromatic heterocycles. The molecule has 1 aliphatic heterocycles. The molecule has 14 heteroatoms. The smallest absolute Gasteiger partial charge is 0.229 e. The van der Waals surface area contributed by atoms with Crippen LogP contribution in [0.25, 0.3) is 11.0 Å². The van der Waals surface area contributed by atoms with Crippen molar-refractivity contribution < 1.29 is 13.2 Å². The first-order valence-corrected chi connectivity index (χ1v) is 15.8. The van der Waals surface area contributed by atoms with Crippen LogP contribution < -0.4 is 25.0 Å². The Morgan fingerprint density at radius 2 is 1.78 bits per heavy atom. The maximum atomic E-state index is 12.2. The molecule has 5 rings (SSSR count). The number of nitrogens with one attached hydrogen (secondary N) is 3. The summed E-state index contributed by atoms with van der Waals surface area (Å²) in [5.41, 5.74) is 4.80. The summed E-state index contributed by atoms with van der Waals surface area (Å²) >= 11 is 3.50. The topological polar surface area (TPSA) is 138 Å². The molecule has 1 saturated heterocycles. The van der Waals surface area contributed by atoms with Gasteiger partial charge < -0.3 is 25.2 Å². The summed E-state index contributed by atoms with van der Waals surface area (Å²) < 4.78 is 33.3. The lowest BCUT2D eigenvalue weighted by Crippen LogP contribution is -2.44. The largest absolute Gasteiger partial charge is 0.494 e. The number of likely N-dealkylation sites (N-methyl/N-ethyl adjacent to an activating group) is 1. The molecule has 2 aromatic carbocycles. The maximum Gasteiger partial charge on any atom is 0.229 e. The number of rotatable bonds is 9. The fourth-order valence-electron chi connectivity index (χ4n) is 4.70. The average molecular weight is 643 g/mol. The van der Waals surface area contributed by atoms with Crippen molar-refractivity contribution in [3.05, 3.63) is 52.9 Å². The van der Waals surface area contributed by atoms with Crippen LogP contribution >= 0.6 is 15.9 Å². The number of hydrogen-bond acceptors (Lipinski definition) is 11. The number of sulfonamides is 1. The summed E-state index contributed by atoms with van der Waals surface area (Å²) in [7, 11) is 0.184. The summed E-state index contributed by atoms with van der Waals surface area (Å²) in [6.45, 7) is 6.08. The highest BCUT2D eigenvalue weighted by Gasteiger charge is 2.20. The van der Waals surface area contributed by atoms with E-state index < -0.39 is 10.0 Å². The molecule has 0 atom stereocenters. The predicted molar refractivity (Wildman–Crippen MR) is 166 cm³/mol. The Kier molecular flexibility index (Phi) is 8.42. The van der Waals surface area contributed by atoms with Gasteiger partial charge in [0, 0.05) is 56.5 Å². The fourth-order valence-corrected chi connectivity index (χ4v) is 5.57. The minimum Gasteiger partial charge on any atom is -0.494 e. The van der Waals surface area contributed by atoms with E-state index in [1.54, 1.807) is 31.6 Å². The molecular weight excluding hydrogens is 610 g/mol. The van der Waals surface area contributed by atoms with E-state index in [2.05, 4.69) is 87.1 Å².